The van der Waals surface area contributed by atoms with Gasteiger partial charge in [-0.05, 0) is 30.7 Å². The molecule has 0 bridgehead atoms. The van der Waals surface area contributed by atoms with E-state index < -0.39 is 6.08 Å². The first kappa shape index (κ1) is 13.4. The molecule has 0 saturated carbocycles. The molecule has 0 amide bonds. The van der Waals surface area contributed by atoms with E-state index in [4.69, 9.17) is 15.2 Å². The zero-order valence-electron chi connectivity index (χ0n) is 9.80. The van der Waals surface area contributed by atoms with Gasteiger partial charge in [0.15, 0.2) is 0 Å². The van der Waals surface area contributed by atoms with Crippen LogP contribution in [0.1, 0.15) is 11.1 Å². The molecule has 17 heavy (non-hydrogen) atoms. The van der Waals surface area contributed by atoms with Crippen LogP contribution in [0.4, 0.5) is 8.78 Å². The van der Waals surface area contributed by atoms with Crippen molar-refractivity contribution in [1.82, 2.24) is 0 Å². The number of nitrogens with two attached hydrogens (primary N) is 1. The summed E-state index contributed by atoms with van der Waals surface area (Å²) in [5.74, 6) is 0.696. The Bertz CT molecular complexity index is 390. The molecule has 0 atom stereocenters. The van der Waals surface area contributed by atoms with E-state index in [-0.39, 0.29) is 5.56 Å². The molecule has 1 aromatic rings. The largest absolute Gasteiger partial charge is 0.496 e. The van der Waals surface area contributed by atoms with Crippen molar-refractivity contribution in [2.45, 2.75) is 6.42 Å². The van der Waals surface area contributed by atoms with Crippen LogP contribution in [0.5, 0.6) is 11.5 Å². The van der Waals surface area contributed by atoms with Gasteiger partial charge < -0.3 is 15.2 Å². The molecule has 0 aliphatic rings. The van der Waals surface area contributed by atoms with E-state index in [1.54, 1.807) is 12.1 Å². The number of halogens is 2. The zero-order chi connectivity index (χ0) is 12.8. The lowest BCUT2D eigenvalue weighted by molar-refractivity contribution is 0.389. The monoisotopic (exact) mass is 243 g/mol. The van der Waals surface area contributed by atoms with E-state index in [0.717, 1.165) is 11.6 Å². The molecule has 0 aromatic heterocycles. The van der Waals surface area contributed by atoms with Crippen molar-refractivity contribution in [3.63, 3.8) is 0 Å². The molecule has 0 radical (unpaired) electrons. The van der Waals surface area contributed by atoms with E-state index in [9.17, 15) is 8.78 Å². The summed E-state index contributed by atoms with van der Waals surface area (Å²) in [5, 5.41) is 0. The summed E-state index contributed by atoms with van der Waals surface area (Å²) < 4.78 is 34.8. The van der Waals surface area contributed by atoms with E-state index in [1.807, 2.05) is 0 Å². The van der Waals surface area contributed by atoms with Crippen molar-refractivity contribution in [2.24, 2.45) is 5.73 Å². The maximum absolute atomic E-state index is 12.3. The quantitative estimate of drug-likeness (QED) is 0.863. The van der Waals surface area contributed by atoms with E-state index in [2.05, 4.69) is 0 Å². The lowest BCUT2D eigenvalue weighted by Crippen LogP contribution is -2.04. The summed E-state index contributed by atoms with van der Waals surface area (Å²) in [4.78, 5) is 0. The highest BCUT2D eigenvalue weighted by Gasteiger charge is 2.11. The summed E-state index contributed by atoms with van der Waals surface area (Å²) in [6.45, 7) is 0.471. The molecule has 5 heteroatoms. The van der Waals surface area contributed by atoms with Crippen LogP contribution in [-0.4, -0.2) is 20.8 Å². The predicted octanol–water partition coefficient (Wildman–Crippen LogP) is 2.44. The van der Waals surface area contributed by atoms with Gasteiger partial charge in [-0.2, -0.15) is 8.78 Å². The normalized spacial score (nSPS) is 9.94. The second-order valence-electron chi connectivity index (χ2n) is 3.39. The van der Waals surface area contributed by atoms with Gasteiger partial charge in [-0.3, -0.25) is 0 Å². The fourth-order valence-electron chi connectivity index (χ4n) is 1.56. The third kappa shape index (κ3) is 3.42. The van der Waals surface area contributed by atoms with Crippen LogP contribution >= 0.6 is 0 Å². The van der Waals surface area contributed by atoms with E-state index in [1.165, 1.54) is 14.2 Å². The zero-order valence-corrected chi connectivity index (χ0v) is 9.80. The Kier molecular flexibility index (Phi) is 4.90. The first-order valence-electron chi connectivity index (χ1n) is 5.10. The highest BCUT2D eigenvalue weighted by atomic mass is 19.3. The maximum Gasteiger partial charge on any atom is 0.271 e. The van der Waals surface area contributed by atoms with Gasteiger partial charge in [0.05, 0.1) is 19.8 Å². The number of rotatable bonds is 5. The van der Waals surface area contributed by atoms with Gasteiger partial charge >= 0.3 is 0 Å². The van der Waals surface area contributed by atoms with Crippen molar-refractivity contribution >= 4 is 6.08 Å². The van der Waals surface area contributed by atoms with Crippen molar-refractivity contribution in [1.29, 1.82) is 0 Å². The number of benzene rings is 1. The third-order valence-electron chi connectivity index (χ3n) is 2.29. The second-order valence-corrected chi connectivity index (χ2v) is 3.39. The Hall–Kier alpha value is -1.62. The van der Waals surface area contributed by atoms with Crippen LogP contribution in [-0.2, 0) is 6.42 Å². The average molecular weight is 243 g/mol. The first-order valence-corrected chi connectivity index (χ1v) is 5.10. The van der Waals surface area contributed by atoms with Crippen molar-refractivity contribution in [3.8, 4) is 11.5 Å². The molecular formula is C12H15F2NO2. The summed E-state index contributed by atoms with van der Waals surface area (Å²) in [6.07, 6.45) is -0.438. The van der Waals surface area contributed by atoms with Crippen molar-refractivity contribution < 1.29 is 18.3 Å². The van der Waals surface area contributed by atoms with Gasteiger partial charge in [-0.25, -0.2) is 0 Å². The fraction of sp³-hybridized carbons (Fsp3) is 0.333. The molecule has 1 rings (SSSR count). The highest BCUT2D eigenvalue weighted by Crippen LogP contribution is 2.33. The molecule has 2 N–H and O–H groups in total. The Morgan fingerprint density at radius 1 is 1.24 bits per heavy atom. The summed E-state index contributed by atoms with van der Waals surface area (Å²) in [7, 11) is 2.85. The average Bonchev–Trinajstić information content (AvgIpc) is 2.30. The predicted molar refractivity (Wildman–Crippen MR) is 62.5 cm³/mol. The number of ether oxygens (including phenoxy) is 2. The van der Waals surface area contributed by atoms with Crippen LogP contribution in [0.15, 0.2) is 18.2 Å². The Labute approximate surface area is 98.8 Å². The molecule has 0 aliphatic heterocycles. The number of methoxy groups -OCH3 is 2. The molecule has 0 saturated heterocycles. The number of hydrogen-bond acceptors (Lipinski definition) is 3. The number of hydrogen-bond donors (Lipinski definition) is 1. The lowest BCUT2D eigenvalue weighted by Gasteiger charge is -2.12. The first-order chi connectivity index (χ1) is 8.12. The van der Waals surface area contributed by atoms with E-state index in [0.29, 0.717) is 24.5 Å². The highest BCUT2D eigenvalue weighted by molar-refractivity contribution is 5.66. The molecule has 3 nitrogen and oxygen atoms in total. The lowest BCUT2D eigenvalue weighted by atomic mass is 10.1. The molecule has 0 spiro atoms. The minimum absolute atomic E-state index is 0.232. The minimum atomic E-state index is -1.80. The SMILES string of the molecule is COc1cc(CCN)cc(OC)c1C=C(F)F. The van der Waals surface area contributed by atoms with Gasteiger partial charge in [-0.1, -0.05) is 0 Å². The van der Waals surface area contributed by atoms with Crippen LogP contribution in [0.3, 0.4) is 0 Å². The van der Waals surface area contributed by atoms with Gasteiger partial charge in [0.2, 0.25) is 0 Å². The van der Waals surface area contributed by atoms with Crippen LogP contribution in [0, 0.1) is 0 Å². The second kappa shape index (κ2) is 6.20. The minimum Gasteiger partial charge on any atom is -0.496 e. The smallest absolute Gasteiger partial charge is 0.271 e. The summed E-state index contributed by atoms with van der Waals surface area (Å²) >= 11 is 0. The van der Waals surface area contributed by atoms with Gasteiger partial charge in [0.1, 0.15) is 11.5 Å². The van der Waals surface area contributed by atoms with Gasteiger partial charge in [0, 0.05) is 6.08 Å². The summed E-state index contributed by atoms with van der Waals surface area (Å²) in [5.41, 5.74) is 6.57. The van der Waals surface area contributed by atoms with E-state index >= 15 is 0 Å². The molecule has 0 fully saturated rings. The standard InChI is InChI=1S/C12H15F2NO2/c1-16-10-5-8(3-4-15)6-11(17-2)9(10)7-12(13)14/h5-7H,3-4,15H2,1-2H3. The molecule has 0 unspecified atom stereocenters. The van der Waals surface area contributed by atoms with Gasteiger partial charge in [0.25, 0.3) is 6.08 Å². The molecule has 0 aliphatic carbocycles. The van der Waals surface area contributed by atoms with Crippen LogP contribution in [0.25, 0.3) is 6.08 Å². The molecule has 1 aromatic carbocycles. The molecule has 0 heterocycles. The van der Waals surface area contributed by atoms with Crippen LogP contribution in [0.2, 0.25) is 0 Å². The molecule has 94 valence electrons. The van der Waals surface area contributed by atoms with Crippen molar-refractivity contribution in [2.75, 3.05) is 20.8 Å². The fourth-order valence-corrected chi connectivity index (χ4v) is 1.56. The maximum atomic E-state index is 12.3. The Morgan fingerprint density at radius 3 is 2.12 bits per heavy atom. The molecular weight excluding hydrogens is 228 g/mol. The Morgan fingerprint density at radius 2 is 1.76 bits per heavy atom. The topological polar surface area (TPSA) is 44.5 Å². The van der Waals surface area contributed by atoms with Crippen LogP contribution < -0.4 is 15.2 Å². The van der Waals surface area contributed by atoms with Gasteiger partial charge in [-0.15, -0.1) is 0 Å². The third-order valence-corrected chi connectivity index (χ3v) is 2.29. The summed E-state index contributed by atoms with van der Waals surface area (Å²) in [6, 6.07) is 3.37. The Balaban J connectivity index is 3.31. The van der Waals surface area contributed by atoms with Crippen molar-refractivity contribution in [3.05, 3.63) is 29.3 Å².